The van der Waals surface area contributed by atoms with E-state index in [1.807, 2.05) is 0 Å². The SMILES string of the molecule is N#C[C@@H]1CCC[C@H](CBr)C1. The van der Waals surface area contributed by atoms with Gasteiger partial charge in [0.05, 0.1) is 6.07 Å². The Kier molecular flexibility index (Phi) is 3.21. The molecule has 1 fully saturated rings. The molecular formula is C8H12BrN. The first kappa shape index (κ1) is 8.07. The van der Waals surface area contributed by atoms with Crippen LogP contribution in [0.25, 0.3) is 0 Å². The van der Waals surface area contributed by atoms with Gasteiger partial charge in [0.15, 0.2) is 0 Å². The molecular weight excluding hydrogens is 190 g/mol. The minimum atomic E-state index is 0.344. The molecule has 0 aromatic rings. The zero-order valence-electron chi connectivity index (χ0n) is 6.02. The number of hydrogen-bond donors (Lipinski definition) is 0. The summed E-state index contributed by atoms with van der Waals surface area (Å²) < 4.78 is 0. The third kappa shape index (κ3) is 1.98. The summed E-state index contributed by atoms with van der Waals surface area (Å²) >= 11 is 3.46. The molecule has 2 heteroatoms. The molecule has 0 spiro atoms. The second-order valence-electron chi connectivity index (χ2n) is 3.01. The smallest absolute Gasteiger partial charge is 0.0655 e. The Bertz CT molecular complexity index is 139. The predicted octanol–water partition coefficient (Wildman–Crippen LogP) is 2.71. The maximum absolute atomic E-state index is 8.64. The maximum atomic E-state index is 8.64. The fraction of sp³-hybridized carbons (Fsp3) is 0.875. The highest BCUT2D eigenvalue weighted by Gasteiger charge is 2.20. The van der Waals surface area contributed by atoms with Crippen molar-refractivity contribution in [2.75, 3.05) is 5.33 Å². The summed E-state index contributed by atoms with van der Waals surface area (Å²) in [6.45, 7) is 0. The first-order chi connectivity index (χ1) is 4.86. The van der Waals surface area contributed by atoms with E-state index in [9.17, 15) is 0 Å². The summed E-state index contributed by atoms with van der Waals surface area (Å²) in [5, 5.41) is 9.71. The van der Waals surface area contributed by atoms with E-state index in [0.717, 1.165) is 24.1 Å². The zero-order chi connectivity index (χ0) is 7.40. The van der Waals surface area contributed by atoms with E-state index in [1.165, 1.54) is 12.8 Å². The van der Waals surface area contributed by atoms with Crippen LogP contribution in [0.3, 0.4) is 0 Å². The van der Waals surface area contributed by atoms with Crippen LogP contribution in [0.5, 0.6) is 0 Å². The van der Waals surface area contributed by atoms with E-state index in [1.54, 1.807) is 0 Å². The molecule has 0 aromatic carbocycles. The van der Waals surface area contributed by atoms with Crippen molar-refractivity contribution in [1.29, 1.82) is 5.26 Å². The molecule has 0 radical (unpaired) electrons. The second kappa shape index (κ2) is 3.98. The summed E-state index contributed by atoms with van der Waals surface area (Å²) in [5.74, 6) is 1.11. The Hall–Kier alpha value is -0.0300. The van der Waals surface area contributed by atoms with Crippen LogP contribution >= 0.6 is 15.9 Å². The molecule has 0 bridgehead atoms. The minimum absolute atomic E-state index is 0.344. The van der Waals surface area contributed by atoms with Crippen LogP contribution in [0.1, 0.15) is 25.7 Å². The highest BCUT2D eigenvalue weighted by atomic mass is 79.9. The monoisotopic (exact) mass is 201 g/mol. The van der Waals surface area contributed by atoms with E-state index in [-0.39, 0.29) is 0 Å². The molecule has 0 N–H and O–H groups in total. The molecule has 0 aromatic heterocycles. The van der Waals surface area contributed by atoms with Crippen molar-refractivity contribution in [3.05, 3.63) is 0 Å². The molecule has 10 heavy (non-hydrogen) atoms. The van der Waals surface area contributed by atoms with Crippen LogP contribution in [-0.2, 0) is 0 Å². The van der Waals surface area contributed by atoms with Gasteiger partial charge in [-0.05, 0) is 25.2 Å². The van der Waals surface area contributed by atoms with Crippen molar-refractivity contribution in [3.63, 3.8) is 0 Å². The molecule has 1 nitrogen and oxygen atoms in total. The molecule has 0 unspecified atom stereocenters. The van der Waals surface area contributed by atoms with Crippen LogP contribution in [0.15, 0.2) is 0 Å². The number of alkyl halides is 1. The van der Waals surface area contributed by atoms with Crippen LogP contribution in [0, 0.1) is 23.2 Å². The normalized spacial score (nSPS) is 33.2. The largest absolute Gasteiger partial charge is 0.198 e. The summed E-state index contributed by atoms with van der Waals surface area (Å²) in [7, 11) is 0. The fourth-order valence-corrected chi connectivity index (χ4v) is 2.14. The van der Waals surface area contributed by atoms with Crippen LogP contribution in [0.4, 0.5) is 0 Å². The van der Waals surface area contributed by atoms with Gasteiger partial charge in [0.1, 0.15) is 0 Å². The van der Waals surface area contributed by atoms with Crippen molar-refractivity contribution in [1.82, 2.24) is 0 Å². The Labute approximate surface area is 70.5 Å². The molecule has 1 rings (SSSR count). The van der Waals surface area contributed by atoms with Crippen molar-refractivity contribution in [3.8, 4) is 6.07 Å². The van der Waals surface area contributed by atoms with Gasteiger partial charge in [-0.2, -0.15) is 5.26 Å². The lowest BCUT2D eigenvalue weighted by atomic mass is 9.83. The van der Waals surface area contributed by atoms with Gasteiger partial charge in [-0.3, -0.25) is 0 Å². The molecule has 2 atom stereocenters. The number of rotatable bonds is 1. The summed E-state index contributed by atoms with van der Waals surface area (Å²) in [5.41, 5.74) is 0. The second-order valence-corrected chi connectivity index (χ2v) is 3.66. The molecule has 0 amide bonds. The lowest BCUT2D eigenvalue weighted by molar-refractivity contribution is 0.337. The van der Waals surface area contributed by atoms with E-state index in [0.29, 0.717) is 5.92 Å². The molecule has 0 saturated heterocycles. The van der Waals surface area contributed by atoms with Crippen molar-refractivity contribution < 1.29 is 0 Å². The summed E-state index contributed by atoms with van der Waals surface area (Å²) in [6.07, 6.45) is 4.79. The third-order valence-corrected chi connectivity index (χ3v) is 3.10. The Balaban J connectivity index is 2.33. The Morgan fingerprint density at radius 3 is 2.90 bits per heavy atom. The van der Waals surface area contributed by atoms with Gasteiger partial charge < -0.3 is 0 Å². The lowest BCUT2D eigenvalue weighted by Gasteiger charge is -2.22. The van der Waals surface area contributed by atoms with Crippen molar-refractivity contribution in [2.45, 2.75) is 25.7 Å². The first-order valence-electron chi connectivity index (χ1n) is 3.82. The van der Waals surface area contributed by atoms with Gasteiger partial charge in [0, 0.05) is 11.2 Å². The third-order valence-electron chi connectivity index (χ3n) is 2.18. The minimum Gasteiger partial charge on any atom is -0.198 e. The number of nitrogens with zero attached hydrogens (tertiary/aromatic N) is 1. The summed E-state index contributed by atoms with van der Waals surface area (Å²) in [4.78, 5) is 0. The first-order valence-corrected chi connectivity index (χ1v) is 4.94. The molecule has 1 aliphatic rings. The number of nitriles is 1. The maximum Gasteiger partial charge on any atom is 0.0655 e. The standard InChI is InChI=1S/C8H12BrN/c9-5-7-2-1-3-8(4-7)6-10/h7-8H,1-5H2/t7-,8+/m0/s1. The molecule has 0 heterocycles. The van der Waals surface area contributed by atoms with Crippen molar-refractivity contribution in [2.24, 2.45) is 11.8 Å². The van der Waals surface area contributed by atoms with Crippen LogP contribution < -0.4 is 0 Å². The highest BCUT2D eigenvalue weighted by Crippen LogP contribution is 2.29. The van der Waals surface area contributed by atoms with E-state index < -0.39 is 0 Å². The fourth-order valence-electron chi connectivity index (χ4n) is 1.55. The molecule has 1 saturated carbocycles. The number of hydrogen-bond acceptors (Lipinski definition) is 1. The van der Waals surface area contributed by atoms with Gasteiger partial charge in [-0.25, -0.2) is 0 Å². The molecule has 0 aliphatic heterocycles. The van der Waals surface area contributed by atoms with Gasteiger partial charge in [0.2, 0.25) is 0 Å². The Morgan fingerprint density at radius 2 is 2.30 bits per heavy atom. The average molecular weight is 202 g/mol. The van der Waals surface area contributed by atoms with Crippen LogP contribution in [0.2, 0.25) is 0 Å². The quantitative estimate of drug-likeness (QED) is 0.599. The summed E-state index contributed by atoms with van der Waals surface area (Å²) in [6, 6.07) is 2.35. The van der Waals surface area contributed by atoms with Gasteiger partial charge >= 0.3 is 0 Å². The highest BCUT2D eigenvalue weighted by molar-refractivity contribution is 9.09. The van der Waals surface area contributed by atoms with Gasteiger partial charge in [0.25, 0.3) is 0 Å². The number of halogens is 1. The van der Waals surface area contributed by atoms with E-state index in [2.05, 4.69) is 22.0 Å². The zero-order valence-corrected chi connectivity index (χ0v) is 7.60. The predicted molar refractivity (Wildman–Crippen MR) is 44.9 cm³/mol. The van der Waals surface area contributed by atoms with E-state index in [4.69, 9.17) is 5.26 Å². The van der Waals surface area contributed by atoms with Crippen LogP contribution in [-0.4, -0.2) is 5.33 Å². The molecule has 56 valence electrons. The molecule has 1 aliphatic carbocycles. The van der Waals surface area contributed by atoms with E-state index >= 15 is 0 Å². The van der Waals surface area contributed by atoms with Crippen molar-refractivity contribution >= 4 is 15.9 Å². The Morgan fingerprint density at radius 1 is 1.50 bits per heavy atom. The van der Waals surface area contributed by atoms with Gasteiger partial charge in [-0.1, -0.05) is 22.4 Å². The topological polar surface area (TPSA) is 23.8 Å². The van der Waals surface area contributed by atoms with Gasteiger partial charge in [-0.15, -0.1) is 0 Å². The lowest BCUT2D eigenvalue weighted by Crippen LogP contribution is -2.14. The average Bonchev–Trinajstić information content (AvgIpc) is 2.05.